The summed E-state index contributed by atoms with van der Waals surface area (Å²) < 4.78 is 0. The maximum atomic E-state index is 4.79. The molecule has 3 nitrogen and oxygen atoms in total. The van der Waals surface area contributed by atoms with E-state index in [9.17, 15) is 0 Å². The Balaban J connectivity index is 1.91. The molecule has 3 rings (SSSR count). The minimum atomic E-state index is 0.827. The molecule has 0 spiro atoms. The van der Waals surface area contributed by atoms with Gasteiger partial charge in [-0.15, -0.1) is 0 Å². The van der Waals surface area contributed by atoms with Crippen molar-refractivity contribution < 1.29 is 0 Å². The molecule has 20 heavy (non-hydrogen) atoms. The van der Waals surface area contributed by atoms with Crippen molar-refractivity contribution in [2.45, 2.75) is 39.7 Å². The highest BCUT2D eigenvalue weighted by molar-refractivity contribution is 5.30. The van der Waals surface area contributed by atoms with Gasteiger partial charge in [-0.25, -0.2) is 9.97 Å². The van der Waals surface area contributed by atoms with E-state index in [1.165, 1.54) is 28.1 Å². The van der Waals surface area contributed by atoms with Crippen LogP contribution in [0.2, 0.25) is 0 Å². The molecule has 0 aliphatic carbocycles. The lowest BCUT2D eigenvalue weighted by Crippen LogP contribution is -2.27. The van der Waals surface area contributed by atoms with Crippen LogP contribution in [0.5, 0.6) is 0 Å². The molecular formula is C17H21N3. The fraction of sp³-hybridized carbons (Fsp3) is 0.412. The standard InChI is InChI=1S/C17H21N3/c1-3-15-14-11-18-9-8-16(14)20-17(19-15)10-13-6-4-12(2)5-7-13/h4-7,18H,3,8-11H2,1-2H3. The van der Waals surface area contributed by atoms with Gasteiger partial charge in [0, 0.05) is 37.2 Å². The summed E-state index contributed by atoms with van der Waals surface area (Å²) in [6.07, 6.45) is 2.83. The average Bonchev–Trinajstić information content (AvgIpc) is 2.49. The molecule has 2 heterocycles. The van der Waals surface area contributed by atoms with E-state index in [1.807, 2.05) is 0 Å². The summed E-state index contributed by atoms with van der Waals surface area (Å²) in [7, 11) is 0. The lowest BCUT2D eigenvalue weighted by atomic mass is 10.0. The molecule has 0 saturated heterocycles. The van der Waals surface area contributed by atoms with Gasteiger partial charge in [-0.3, -0.25) is 0 Å². The van der Waals surface area contributed by atoms with Crippen LogP contribution in [0, 0.1) is 6.92 Å². The fourth-order valence-electron chi connectivity index (χ4n) is 2.73. The van der Waals surface area contributed by atoms with Crippen molar-refractivity contribution >= 4 is 0 Å². The van der Waals surface area contributed by atoms with Crippen molar-refractivity contribution in [3.63, 3.8) is 0 Å². The van der Waals surface area contributed by atoms with Gasteiger partial charge < -0.3 is 5.32 Å². The predicted octanol–water partition coefficient (Wildman–Crippen LogP) is 2.58. The van der Waals surface area contributed by atoms with Gasteiger partial charge in [0.25, 0.3) is 0 Å². The Bertz CT molecular complexity index is 585. The number of aromatic nitrogens is 2. The van der Waals surface area contributed by atoms with E-state index in [0.717, 1.165) is 38.2 Å². The number of nitrogens with zero attached hydrogens (tertiary/aromatic N) is 2. The molecular weight excluding hydrogens is 246 g/mol. The topological polar surface area (TPSA) is 37.8 Å². The van der Waals surface area contributed by atoms with Gasteiger partial charge in [0.15, 0.2) is 0 Å². The molecule has 0 unspecified atom stereocenters. The third-order valence-corrected chi connectivity index (χ3v) is 3.88. The largest absolute Gasteiger partial charge is 0.312 e. The molecule has 0 radical (unpaired) electrons. The van der Waals surface area contributed by atoms with Crippen molar-refractivity contribution in [1.29, 1.82) is 0 Å². The first-order valence-corrected chi connectivity index (χ1v) is 7.40. The molecule has 104 valence electrons. The first-order chi connectivity index (χ1) is 9.76. The second-order valence-corrected chi connectivity index (χ2v) is 5.45. The van der Waals surface area contributed by atoms with Crippen molar-refractivity contribution in [3.05, 3.63) is 58.2 Å². The number of hydrogen-bond acceptors (Lipinski definition) is 3. The average molecular weight is 267 g/mol. The molecule has 2 aromatic rings. The van der Waals surface area contributed by atoms with Gasteiger partial charge in [-0.1, -0.05) is 36.8 Å². The number of aryl methyl sites for hydroxylation is 2. The van der Waals surface area contributed by atoms with Crippen LogP contribution in [0.1, 0.15) is 40.8 Å². The van der Waals surface area contributed by atoms with Gasteiger partial charge in [0.1, 0.15) is 5.82 Å². The summed E-state index contributed by atoms with van der Waals surface area (Å²) in [4.78, 5) is 9.56. The Morgan fingerprint density at radius 1 is 1.15 bits per heavy atom. The molecule has 1 N–H and O–H groups in total. The van der Waals surface area contributed by atoms with Crippen LogP contribution < -0.4 is 5.32 Å². The van der Waals surface area contributed by atoms with Gasteiger partial charge >= 0.3 is 0 Å². The van der Waals surface area contributed by atoms with Crippen molar-refractivity contribution in [3.8, 4) is 0 Å². The molecule has 1 aliphatic rings. The van der Waals surface area contributed by atoms with Crippen LogP contribution in [-0.4, -0.2) is 16.5 Å². The summed E-state index contributed by atoms with van der Waals surface area (Å²) in [5.41, 5.74) is 6.36. The van der Waals surface area contributed by atoms with Gasteiger partial charge in [0.05, 0.1) is 5.69 Å². The maximum absolute atomic E-state index is 4.79. The van der Waals surface area contributed by atoms with E-state index in [4.69, 9.17) is 9.97 Å². The van der Waals surface area contributed by atoms with Crippen LogP contribution in [0.4, 0.5) is 0 Å². The Morgan fingerprint density at radius 3 is 2.70 bits per heavy atom. The second kappa shape index (κ2) is 5.71. The minimum absolute atomic E-state index is 0.827. The predicted molar refractivity (Wildman–Crippen MR) is 80.8 cm³/mol. The third-order valence-electron chi connectivity index (χ3n) is 3.88. The Hall–Kier alpha value is -1.74. The normalized spacial score (nSPS) is 14.1. The van der Waals surface area contributed by atoms with Crippen LogP contribution in [0.15, 0.2) is 24.3 Å². The van der Waals surface area contributed by atoms with Crippen LogP contribution in [0.3, 0.4) is 0 Å². The molecule has 0 atom stereocenters. The quantitative estimate of drug-likeness (QED) is 0.929. The van der Waals surface area contributed by atoms with E-state index < -0.39 is 0 Å². The molecule has 1 aromatic carbocycles. The SMILES string of the molecule is CCc1nc(Cc2ccc(C)cc2)nc2c1CNCC2. The minimum Gasteiger partial charge on any atom is -0.312 e. The lowest BCUT2D eigenvalue weighted by molar-refractivity contribution is 0.611. The first kappa shape index (κ1) is 13.3. The van der Waals surface area contributed by atoms with Crippen LogP contribution in [0.25, 0.3) is 0 Å². The lowest BCUT2D eigenvalue weighted by Gasteiger charge is -2.19. The van der Waals surface area contributed by atoms with E-state index in [2.05, 4.69) is 43.4 Å². The highest BCUT2D eigenvalue weighted by atomic mass is 14.9. The van der Waals surface area contributed by atoms with E-state index in [-0.39, 0.29) is 0 Å². The van der Waals surface area contributed by atoms with Gasteiger partial charge in [-0.2, -0.15) is 0 Å². The second-order valence-electron chi connectivity index (χ2n) is 5.45. The Labute approximate surface area is 120 Å². The highest BCUT2D eigenvalue weighted by Crippen LogP contribution is 2.17. The molecule has 3 heteroatoms. The Morgan fingerprint density at radius 2 is 1.95 bits per heavy atom. The van der Waals surface area contributed by atoms with Crippen LogP contribution >= 0.6 is 0 Å². The monoisotopic (exact) mass is 267 g/mol. The number of nitrogens with one attached hydrogen (secondary N) is 1. The smallest absolute Gasteiger partial charge is 0.133 e. The molecule has 0 saturated carbocycles. The zero-order valence-corrected chi connectivity index (χ0v) is 12.2. The van der Waals surface area contributed by atoms with Crippen molar-refractivity contribution in [2.75, 3.05) is 6.54 Å². The number of rotatable bonds is 3. The summed E-state index contributed by atoms with van der Waals surface area (Å²) >= 11 is 0. The summed E-state index contributed by atoms with van der Waals surface area (Å²) in [6, 6.07) is 8.65. The Kier molecular flexibility index (Phi) is 3.79. The first-order valence-electron chi connectivity index (χ1n) is 7.40. The molecule has 0 amide bonds. The summed E-state index contributed by atoms with van der Waals surface area (Å²) in [5.74, 6) is 0.964. The molecule has 0 fully saturated rings. The molecule has 1 aliphatic heterocycles. The van der Waals surface area contributed by atoms with Crippen molar-refractivity contribution in [1.82, 2.24) is 15.3 Å². The molecule has 0 bridgehead atoms. The van der Waals surface area contributed by atoms with E-state index in [0.29, 0.717) is 0 Å². The van der Waals surface area contributed by atoms with Gasteiger partial charge in [0.2, 0.25) is 0 Å². The number of hydrogen-bond donors (Lipinski definition) is 1. The summed E-state index contributed by atoms with van der Waals surface area (Å²) in [6.45, 7) is 6.23. The van der Waals surface area contributed by atoms with Crippen LogP contribution in [-0.2, 0) is 25.8 Å². The number of fused-ring (bicyclic) bond motifs is 1. The third kappa shape index (κ3) is 2.73. The van der Waals surface area contributed by atoms with Gasteiger partial charge in [-0.05, 0) is 18.9 Å². The summed E-state index contributed by atoms with van der Waals surface area (Å²) in [5, 5.41) is 3.41. The van der Waals surface area contributed by atoms with Crippen molar-refractivity contribution in [2.24, 2.45) is 0 Å². The zero-order chi connectivity index (χ0) is 13.9. The fourth-order valence-corrected chi connectivity index (χ4v) is 2.73. The highest BCUT2D eigenvalue weighted by Gasteiger charge is 2.16. The molecule has 1 aromatic heterocycles. The number of benzene rings is 1. The van der Waals surface area contributed by atoms with E-state index in [1.54, 1.807) is 0 Å². The van der Waals surface area contributed by atoms with E-state index >= 15 is 0 Å². The zero-order valence-electron chi connectivity index (χ0n) is 12.2. The maximum Gasteiger partial charge on any atom is 0.133 e.